The number of hydrogen-bond donors (Lipinski definition) is 1. The van der Waals surface area contributed by atoms with E-state index in [0.717, 1.165) is 4.47 Å². The van der Waals surface area contributed by atoms with E-state index < -0.39 is 16.5 Å². The molecule has 0 aliphatic carbocycles. The molecule has 0 saturated carbocycles. The molecule has 1 aromatic carbocycles. The zero-order valence-corrected chi connectivity index (χ0v) is 15.3. The lowest BCUT2D eigenvalue weighted by Gasteiger charge is -2.25. The normalized spacial score (nSPS) is 14.4. The van der Waals surface area contributed by atoms with Crippen molar-refractivity contribution >= 4 is 44.8 Å². The van der Waals surface area contributed by atoms with Crippen molar-refractivity contribution in [3.8, 4) is 0 Å². The van der Waals surface area contributed by atoms with Crippen LogP contribution in [0.1, 0.15) is 0 Å². The van der Waals surface area contributed by atoms with Gasteiger partial charge < -0.3 is 20.3 Å². The summed E-state index contributed by atoms with van der Waals surface area (Å²) in [7, 11) is 1.68. The second-order valence-electron chi connectivity index (χ2n) is 5.71. The summed E-state index contributed by atoms with van der Waals surface area (Å²) < 4.78 is 2.41. The molecule has 0 unspecified atom stereocenters. The van der Waals surface area contributed by atoms with Crippen molar-refractivity contribution < 1.29 is 14.5 Å². The van der Waals surface area contributed by atoms with Gasteiger partial charge in [-0.2, -0.15) is 0 Å². The summed E-state index contributed by atoms with van der Waals surface area (Å²) in [5.74, 6) is -1.19. The van der Waals surface area contributed by atoms with E-state index in [1.54, 1.807) is 36.2 Å². The molecule has 0 fully saturated rings. The van der Waals surface area contributed by atoms with Gasteiger partial charge in [0.1, 0.15) is 0 Å². The van der Waals surface area contributed by atoms with Gasteiger partial charge in [-0.3, -0.25) is 14.2 Å². The lowest BCUT2D eigenvalue weighted by atomic mass is 10.1. The number of anilines is 2. The fourth-order valence-corrected chi connectivity index (χ4v) is 2.76. The van der Waals surface area contributed by atoms with Gasteiger partial charge in [-0.1, -0.05) is 15.9 Å². The maximum absolute atomic E-state index is 11.7. The molecule has 1 aliphatic heterocycles. The lowest BCUT2D eigenvalue weighted by molar-refractivity contribution is -0.388. The van der Waals surface area contributed by atoms with E-state index in [2.05, 4.69) is 26.2 Å². The van der Waals surface area contributed by atoms with Crippen LogP contribution in [0.2, 0.25) is 0 Å². The molecule has 1 aromatic heterocycles. The van der Waals surface area contributed by atoms with E-state index in [9.17, 15) is 19.7 Å². The summed E-state index contributed by atoms with van der Waals surface area (Å²) >= 11 is 3.33. The fourth-order valence-electron chi connectivity index (χ4n) is 2.50. The number of aromatic nitrogens is 2. The maximum atomic E-state index is 11.7. The molecule has 9 nitrogen and oxygen atoms in total. The Bertz CT molecular complexity index is 919. The van der Waals surface area contributed by atoms with Crippen LogP contribution in [0.4, 0.5) is 17.3 Å². The summed E-state index contributed by atoms with van der Waals surface area (Å²) in [6, 6.07) is 7.13. The number of imidazole rings is 1. The van der Waals surface area contributed by atoms with Crippen molar-refractivity contribution in [1.29, 1.82) is 0 Å². The molecule has 2 aromatic rings. The minimum Gasteiger partial charge on any atom is -0.368 e. The predicted octanol–water partition coefficient (Wildman–Crippen LogP) is 2.26. The molecule has 0 atom stereocenters. The van der Waals surface area contributed by atoms with Gasteiger partial charge in [0.05, 0.1) is 13.1 Å². The third-order valence-corrected chi connectivity index (χ3v) is 4.40. The van der Waals surface area contributed by atoms with Crippen LogP contribution in [-0.2, 0) is 16.1 Å². The highest BCUT2D eigenvalue weighted by atomic mass is 79.9. The van der Waals surface area contributed by atoms with Crippen molar-refractivity contribution in [2.45, 2.75) is 6.54 Å². The Morgan fingerprint density at radius 2 is 2.00 bits per heavy atom. The number of ketones is 2. The fraction of sp³-hybridized carbons (Fsp3) is 0.188. The maximum Gasteiger partial charge on any atom is 0.406 e. The monoisotopic (exact) mass is 419 g/mol. The van der Waals surface area contributed by atoms with E-state index in [-0.39, 0.29) is 24.7 Å². The van der Waals surface area contributed by atoms with E-state index in [1.165, 1.54) is 17.0 Å². The number of rotatable bonds is 5. The first-order valence-corrected chi connectivity index (χ1v) is 8.35. The number of nitrogens with one attached hydrogen (secondary N) is 1. The van der Waals surface area contributed by atoms with E-state index >= 15 is 0 Å². The molecule has 2 heterocycles. The minimum absolute atomic E-state index is 0.0169. The third-order valence-electron chi connectivity index (χ3n) is 3.87. The number of benzene rings is 1. The van der Waals surface area contributed by atoms with Crippen LogP contribution in [0, 0.1) is 10.1 Å². The SMILES string of the molecule is CN1CC(=O)C(=O)C=C1Cn1cnc([N+](=O)[O-])c1Nc1ccc(Br)cc1. The van der Waals surface area contributed by atoms with Crippen LogP contribution in [0.3, 0.4) is 0 Å². The highest BCUT2D eigenvalue weighted by Gasteiger charge is 2.26. The summed E-state index contributed by atoms with van der Waals surface area (Å²) in [5, 5.41) is 14.3. The molecule has 26 heavy (non-hydrogen) atoms. The van der Waals surface area contributed by atoms with Crippen LogP contribution in [0.15, 0.2) is 46.8 Å². The number of Topliss-reactive ketones (excluding diaryl/α,β-unsaturated/α-hetero) is 1. The van der Waals surface area contributed by atoms with Crippen molar-refractivity contribution in [1.82, 2.24) is 14.5 Å². The number of likely N-dealkylation sites (N-methyl/N-ethyl adjacent to an activating group) is 1. The Labute approximate surface area is 156 Å². The highest BCUT2D eigenvalue weighted by molar-refractivity contribution is 9.10. The average Bonchev–Trinajstić information content (AvgIpc) is 2.97. The molecular formula is C16H14BrN5O4. The Balaban J connectivity index is 1.93. The average molecular weight is 420 g/mol. The van der Waals surface area contributed by atoms with Gasteiger partial charge in [-0.25, -0.2) is 0 Å². The van der Waals surface area contributed by atoms with Crippen molar-refractivity contribution in [3.05, 3.63) is 57.0 Å². The van der Waals surface area contributed by atoms with Crippen LogP contribution in [-0.4, -0.2) is 44.5 Å². The number of nitro groups is 1. The molecule has 134 valence electrons. The van der Waals surface area contributed by atoms with Crippen LogP contribution < -0.4 is 5.32 Å². The number of carbonyl (C=O) groups is 2. The number of carbonyl (C=O) groups excluding carboxylic acids is 2. The molecule has 0 saturated heterocycles. The summed E-state index contributed by atoms with van der Waals surface area (Å²) in [6.45, 7) is 0.145. The van der Waals surface area contributed by atoms with Crippen LogP contribution in [0.25, 0.3) is 0 Å². The first-order valence-electron chi connectivity index (χ1n) is 7.56. The second-order valence-corrected chi connectivity index (χ2v) is 6.63. The number of hydrogen-bond acceptors (Lipinski definition) is 7. The third kappa shape index (κ3) is 3.64. The first kappa shape index (κ1) is 17.8. The standard InChI is InChI=1S/C16H14BrN5O4/c1-20-8-14(24)13(23)6-12(20)7-21-9-18-15(22(25)26)16(21)19-11-4-2-10(17)3-5-11/h2-6,9,19H,7-8H2,1H3. The van der Waals surface area contributed by atoms with Crippen molar-refractivity contribution in [2.75, 3.05) is 18.9 Å². The Morgan fingerprint density at radius 3 is 2.65 bits per heavy atom. The Morgan fingerprint density at radius 1 is 1.31 bits per heavy atom. The Kier molecular flexibility index (Phi) is 4.85. The summed E-state index contributed by atoms with van der Waals surface area (Å²) in [6.07, 6.45) is 2.58. The molecule has 0 spiro atoms. The molecule has 0 amide bonds. The molecule has 3 rings (SSSR count). The predicted molar refractivity (Wildman–Crippen MR) is 97.0 cm³/mol. The molecule has 1 aliphatic rings. The van der Waals surface area contributed by atoms with Gasteiger partial charge in [-0.05, 0) is 34.2 Å². The summed E-state index contributed by atoms with van der Waals surface area (Å²) in [4.78, 5) is 39.3. The quantitative estimate of drug-likeness (QED) is 0.449. The van der Waals surface area contributed by atoms with E-state index in [0.29, 0.717) is 11.4 Å². The second kappa shape index (κ2) is 7.08. The highest BCUT2D eigenvalue weighted by Crippen LogP contribution is 2.28. The molecule has 0 bridgehead atoms. The number of allylic oxidation sites excluding steroid dienone is 2. The molecule has 1 N–H and O–H groups in total. The van der Waals surface area contributed by atoms with Gasteiger partial charge in [-0.15, -0.1) is 0 Å². The molecule has 10 heteroatoms. The van der Waals surface area contributed by atoms with E-state index in [4.69, 9.17) is 0 Å². The van der Waals surface area contributed by atoms with Gasteiger partial charge in [0.15, 0.2) is 0 Å². The minimum atomic E-state index is -0.578. The Hall–Kier alpha value is -3.01. The molecule has 0 radical (unpaired) electrons. The van der Waals surface area contributed by atoms with E-state index in [1.807, 2.05) is 0 Å². The van der Waals surface area contributed by atoms with Gasteiger partial charge >= 0.3 is 5.82 Å². The van der Waals surface area contributed by atoms with Crippen LogP contribution in [0.5, 0.6) is 0 Å². The zero-order chi connectivity index (χ0) is 18.8. The zero-order valence-electron chi connectivity index (χ0n) is 13.7. The van der Waals surface area contributed by atoms with Crippen LogP contribution >= 0.6 is 15.9 Å². The summed E-state index contributed by atoms with van der Waals surface area (Å²) in [5.41, 5.74) is 1.22. The van der Waals surface area contributed by atoms with Crippen molar-refractivity contribution in [2.24, 2.45) is 0 Å². The number of nitrogens with zero attached hydrogens (tertiary/aromatic N) is 4. The largest absolute Gasteiger partial charge is 0.406 e. The van der Waals surface area contributed by atoms with Gasteiger partial charge in [0, 0.05) is 29.0 Å². The molecular weight excluding hydrogens is 406 g/mol. The first-order chi connectivity index (χ1) is 12.3. The number of halogens is 1. The van der Waals surface area contributed by atoms with Gasteiger partial charge in [0.2, 0.25) is 23.7 Å². The lowest BCUT2D eigenvalue weighted by Crippen LogP contribution is -2.36. The topological polar surface area (TPSA) is 110 Å². The smallest absolute Gasteiger partial charge is 0.368 e. The van der Waals surface area contributed by atoms with Gasteiger partial charge in [0.25, 0.3) is 0 Å². The van der Waals surface area contributed by atoms with Crippen molar-refractivity contribution in [3.63, 3.8) is 0 Å².